The fourth-order valence-electron chi connectivity index (χ4n) is 3.92. The fraction of sp³-hybridized carbons (Fsp3) is 0.500. The van der Waals surface area contributed by atoms with Crippen molar-refractivity contribution in [3.8, 4) is 16.9 Å². The minimum atomic E-state index is -0.248. The second-order valence-corrected chi connectivity index (χ2v) is 8.49. The molecule has 2 aromatic rings. The Morgan fingerprint density at radius 2 is 1.55 bits per heavy atom. The molecule has 0 bridgehead atoms. The van der Waals surface area contributed by atoms with Crippen LogP contribution >= 0.6 is 0 Å². The lowest BCUT2D eigenvalue weighted by atomic mass is 10.0. The van der Waals surface area contributed by atoms with E-state index >= 15 is 0 Å². The Morgan fingerprint density at radius 3 is 2.19 bits per heavy atom. The molecule has 3 heteroatoms. The van der Waals surface area contributed by atoms with Crippen LogP contribution in [0, 0.1) is 5.92 Å². The van der Waals surface area contributed by atoms with Gasteiger partial charge in [-0.25, -0.2) is 0 Å². The van der Waals surface area contributed by atoms with Crippen molar-refractivity contribution in [1.29, 1.82) is 0 Å². The Hall–Kier alpha value is -2.10. The summed E-state index contributed by atoms with van der Waals surface area (Å²) in [5.41, 5.74) is 3.46. The first-order valence-corrected chi connectivity index (χ1v) is 12.0. The van der Waals surface area contributed by atoms with Gasteiger partial charge in [-0.05, 0) is 48.9 Å². The first kappa shape index (κ1) is 23.6. The number of ether oxygens (including phenoxy) is 3. The van der Waals surface area contributed by atoms with Gasteiger partial charge in [0.1, 0.15) is 5.75 Å². The molecule has 0 aliphatic carbocycles. The van der Waals surface area contributed by atoms with Gasteiger partial charge in [-0.3, -0.25) is 0 Å². The molecule has 1 aliphatic rings. The van der Waals surface area contributed by atoms with E-state index in [9.17, 15) is 0 Å². The van der Waals surface area contributed by atoms with E-state index in [0.717, 1.165) is 50.4 Å². The molecule has 0 N–H and O–H groups in total. The second-order valence-electron chi connectivity index (χ2n) is 8.49. The molecule has 1 aliphatic heterocycles. The van der Waals surface area contributed by atoms with Crippen LogP contribution in [0.5, 0.6) is 5.75 Å². The van der Waals surface area contributed by atoms with E-state index in [-0.39, 0.29) is 6.29 Å². The molecule has 0 unspecified atom stereocenters. The third kappa shape index (κ3) is 7.83. The first-order chi connectivity index (χ1) is 15.3. The van der Waals surface area contributed by atoms with Crippen molar-refractivity contribution in [3.63, 3.8) is 0 Å². The van der Waals surface area contributed by atoms with E-state index in [1.165, 1.54) is 43.2 Å². The molecule has 1 saturated heterocycles. The van der Waals surface area contributed by atoms with Crippen LogP contribution in [0.3, 0.4) is 0 Å². The monoisotopic (exact) mass is 422 g/mol. The van der Waals surface area contributed by atoms with Crippen LogP contribution in [0.1, 0.15) is 70.1 Å². The molecule has 3 rings (SSSR count). The number of benzene rings is 2. The normalized spacial score (nSPS) is 18.6. The van der Waals surface area contributed by atoms with Gasteiger partial charge in [0, 0.05) is 11.5 Å². The Balaban J connectivity index is 1.44. The zero-order chi connectivity index (χ0) is 21.7. The predicted octanol–water partition coefficient (Wildman–Crippen LogP) is 7.72. The number of rotatable bonds is 13. The maximum Gasteiger partial charge on any atom is 0.183 e. The van der Waals surface area contributed by atoms with Gasteiger partial charge in [0.05, 0.1) is 19.8 Å². The van der Waals surface area contributed by atoms with Gasteiger partial charge in [0.25, 0.3) is 0 Å². The Morgan fingerprint density at radius 1 is 0.871 bits per heavy atom. The average Bonchev–Trinajstić information content (AvgIpc) is 2.83. The summed E-state index contributed by atoms with van der Waals surface area (Å²) in [4.78, 5) is 0. The van der Waals surface area contributed by atoms with Crippen LogP contribution in [0.2, 0.25) is 0 Å². The van der Waals surface area contributed by atoms with Gasteiger partial charge in [-0.2, -0.15) is 0 Å². The van der Waals surface area contributed by atoms with Crippen molar-refractivity contribution in [2.24, 2.45) is 5.92 Å². The van der Waals surface area contributed by atoms with Gasteiger partial charge < -0.3 is 14.2 Å². The van der Waals surface area contributed by atoms with Crippen molar-refractivity contribution in [3.05, 3.63) is 66.7 Å². The Labute approximate surface area is 188 Å². The molecule has 0 aromatic heterocycles. The van der Waals surface area contributed by atoms with E-state index in [0.29, 0.717) is 5.92 Å². The maximum atomic E-state index is 6.00. The maximum absolute atomic E-state index is 6.00. The van der Waals surface area contributed by atoms with Crippen LogP contribution in [0.4, 0.5) is 0 Å². The lowest BCUT2D eigenvalue weighted by Crippen LogP contribution is -2.27. The van der Waals surface area contributed by atoms with Gasteiger partial charge in [0.15, 0.2) is 6.29 Å². The predicted molar refractivity (Wildman–Crippen MR) is 128 cm³/mol. The van der Waals surface area contributed by atoms with Gasteiger partial charge in [0.2, 0.25) is 0 Å². The highest BCUT2D eigenvalue weighted by atomic mass is 16.7. The van der Waals surface area contributed by atoms with Crippen LogP contribution in [-0.2, 0) is 9.47 Å². The molecule has 1 heterocycles. The Kier molecular flexibility index (Phi) is 10.1. The number of hydrogen-bond acceptors (Lipinski definition) is 3. The van der Waals surface area contributed by atoms with E-state index in [1.54, 1.807) is 0 Å². The van der Waals surface area contributed by atoms with E-state index in [1.807, 2.05) is 6.08 Å². The summed E-state index contributed by atoms with van der Waals surface area (Å²) in [5.74, 6) is 1.45. The lowest BCUT2D eigenvalue weighted by molar-refractivity contribution is -0.206. The molecular weight excluding hydrogens is 384 g/mol. The van der Waals surface area contributed by atoms with Gasteiger partial charge in [-0.15, -0.1) is 6.58 Å². The van der Waals surface area contributed by atoms with Crippen molar-refractivity contribution in [2.75, 3.05) is 19.8 Å². The first-order valence-electron chi connectivity index (χ1n) is 12.0. The zero-order valence-corrected chi connectivity index (χ0v) is 19.1. The van der Waals surface area contributed by atoms with Crippen LogP contribution in [0.15, 0.2) is 61.2 Å². The van der Waals surface area contributed by atoms with E-state index in [4.69, 9.17) is 14.2 Å². The van der Waals surface area contributed by atoms with Crippen LogP contribution in [-0.4, -0.2) is 19.8 Å². The molecule has 0 amide bonds. The molecular formula is C28H38O3. The van der Waals surface area contributed by atoms with Gasteiger partial charge in [-0.1, -0.05) is 75.1 Å². The van der Waals surface area contributed by atoms with E-state index < -0.39 is 0 Å². The van der Waals surface area contributed by atoms with Crippen molar-refractivity contribution in [2.45, 2.75) is 64.6 Å². The zero-order valence-electron chi connectivity index (χ0n) is 19.1. The summed E-state index contributed by atoms with van der Waals surface area (Å²) >= 11 is 0. The third-order valence-electron chi connectivity index (χ3n) is 5.87. The largest absolute Gasteiger partial charge is 0.494 e. The lowest BCUT2D eigenvalue weighted by Gasteiger charge is -2.29. The number of unbranched alkanes of at least 4 members (excludes halogenated alkanes) is 5. The molecule has 0 spiro atoms. The fourth-order valence-corrected chi connectivity index (χ4v) is 3.92. The minimum Gasteiger partial charge on any atom is -0.494 e. The summed E-state index contributed by atoms with van der Waals surface area (Å²) < 4.78 is 17.8. The summed E-state index contributed by atoms with van der Waals surface area (Å²) in [6.45, 7) is 8.36. The molecule has 168 valence electrons. The standard InChI is InChI=1S/C28H38O3/c1-3-5-7-9-11-23-21-30-28(31-22-23)26-14-12-24(13-15-26)25-16-18-27(19-17-25)29-20-10-8-6-4-2/h3,12-19,23,28H,1,4-11,20-22H2,2H3. The number of allylic oxidation sites excluding steroid dienone is 1. The van der Waals surface area contributed by atoms with Crippen LogP contribution in [0.25, 0.3) is 11.1 Å². The average molecular weight is 423 g/mol. The summed E-state index contributed by atoms with van der Waals surface area (Å²) in [7, 11) is 0. The topological polar surface area (TPSA) is 27.7 Å². The highest BCUT2D eigenvalue weighted by Gasteiger charge is 2.23. The molecule has 1 fully saturated rings. The second kappa shape index (κ2) is 13.3. The van der Waals surface area contributed by atoms with Crippen molar-refractivity contribution in [1.82, 2.24) is 0 Å². The molecule has 2 aromatic carbocycles. The molecule has 0 saturated carbocycles. The summed E-state index contributed by atoms with van der Waals surface area (Å²) in [6.07, 6.45) is 11.3. The SMILES string of the molecule is C=CCCCCC1COC(c2ccc(-c3ccc(OCCCCCC)cc3)cc2)OC1. The van der Waals surface area contributed by atoms with E-state index in [2.05, 4.69) is 62.0 Å². The molecule has 31 heavy (non-hydrogen) atoms. The smallest absolute Gasteiger partial charge is 0.183 e. The van der Waals surface area contributed by atoms with Crippen molar-refractivity contribution < 1.29 is 14.2 Å². The number of hydrogen-bond donors (Lipinski definition) is 0. The minimum absolute atomic E-state index is 0.248. The summed E-state index contributed by atoms with van der Waals surface area (Å²) in [6, 6.07) is 16.9. The molecule has 0 atom stereocenters. The molecule has 3 nitrogen and oxygen atoms in total. The highest BCUT2D eigenvalue weighted by molar-refractivity contribution is 5.64. The Bertz CT molecular complexity index is 743. The van der Waals surface area contributed by atoms with Gasteiger partial charge >= 0.3 is 0 Å². The summed E-state index contributed by atoms with van der Waals surface area (Å²) in [5, 5.41) is 0. The molecule has 0 radical (unpaired) electrons. The van der Waals surface area contributed by atoms with Crippen molar-refractivity contribution >= 4 is 0 Å². The third-order valence-corrected chi connectivity index (χ3v) is 5.87. The quantitative estimate of drug-likeness (QED) is 0.244. The van der Waals surface area contributed by atoms with Crippen LogP contribution < -0.4 is 4.74 Å². The highest BCUT2D eigenvalue weighted by Crippen LogP contribution is 2.29.